The van der Waals surface area contributed by atoms with Gasteiger partial charge in [-0.25, -0.2) is 4.79 Å². The molecule has 0 bridgehead atoms. The van der Waals surface area contributed by atoms with E-state index in [1.54, 1.807) is 41.3 Å². The number of phenols is 1. The lowest BCUT2D eigenvalue weighted by atomic mass is 10.1. The maximum Gasteiger partial charge on any atom is 0.322 e. The van der Waals surface area contributed by atoms with Crippen LogP contribution in [0.5, 0.6) is 5.75 Å². The SMILES string of the molecule is CC(=O)c1cccc(NC(=O)N(Cc2ccc(O)cc2)CC2CC2)c1. The van der Waals surface area contributed by atoms with Crippen molar-refractivity contribution in [3.63, 3.8) is 0 Å². The van der Waals surface area contributed by atoms with Gasteiger partial charge in [0, 0.05) is 24.3 Å². The Kier molecular flexibility index (Phi) is 5.03. The summed E-state index contributed by atoms with van der Waals surface area (Å²) < 4.78 is 0. The Hall–Kier alpha value is -2.82. The van der Waals surface area contributed by atoms with Crippen LogP contribution in [0.1, 0.15) is 35.7 Å². The second kappa shape index (κ2) is 7.38. The Morgan fingerprint density at radius 1 is 1.16 bits per heavy atom. The Labute approximate surface area is 147 Å². The zero-order chi connectivity index (χ0) is 17.8. The summed E-state index contributed by atoms with van der Waals surface area (Å²) in [6.45, 7) is 2.69. The van der Waals surface area contributed by atoms with Gasteiger partial charge in [-0.1, -0.05) is 24.3 Å². The van der Waals surface area contributed by atoms with Crippen LogP contribution in [0.2, 0.25) is 0 Å². The summed E-state index contributed by atoms with van der Waals surface area (Å²) >= 11 is 0. The molecule has 2 aromatic rings. The van der Waals surface area contributed by atoms with Gasteiger partial charge in [-0.2, -0.15) is 0 Å². The fraction of sp³-hybridized carbons (Fsp3) is 0.300. The molecule has 0 aliphatic heterocycles. The molecule has 0 atom stereocenters. The number of nitrogens with one attached hydrogen (secondary N) is 1. The lowest BCUT2D eigenvalue weighted by Crippen LogP contribution is -2.36. The molecule has 1 saturated carbocycles. The van der Waals surface area contributed by atoms with Crippen LogP contribution in [-0.4, -0.2) is 28.4 Å². The number of carbonyl (C=O) groups is 2. The summed E-state index contributed by atoms with van der Waals surface area (Å²) in [7, 11) is 0. The first-order valence-corrected chi connectivity index (χ1v) is 8.46. The minimum atomic E-state index is -0.180. The number of carbonyl (C=O) groups excluding carboxylic acids is 2. The summed E-state index contributed by atoms with van der Waals surface area (Å²) in [5.41, 5.74) is 2.15. The van der Waals surface area contributed by atoms with Gasteiger partial charge in [0.05, 0.1) is 0 Å². The van der Waals surface area contributed by atoms with Crippen molar-refractivity contribution in [3.05, 3.63) is 59.7 Å². The van der Waals surface area contributed by atoms with Crippen LogP contribution in [0, 0.1) is 5.92 Å². The Morgan fingerprint density at radius 2 is 1.88 bits per heavy atom. The number of ketones is 1. The Balaban J connectivity index is 1.71. The minimum Gasteiger partial charge on any atom is -0.508 e. The molecule has 0 radical (unpaired) electrons. The van der Waals surface area contributed by atoms with Gasteiger partial charge in [0.15, 0.2) is 5.78 Å². The largest absolute Gasteiger partial charge is 0.508 e. The van der Waals surface area contributed by atoms with E-state index in [1.807, 2.05) is 12.1 Å². The van der Waals surface area contributed by atoms with Crippen LogP contribution < -0.4 is 5.32 Å². The van der Waals surface area contributed by atoms with E-state index in [0.717, 1.165) is 18.4 Å². The lowest BCUT2D eigenvalue weighted by Gasteiger charge is -2.23. The van der Waals surface area contributed by atoms with E-state index < -0.39 is 0 Å². The highest BCUT2D eigenvalue weighted by Gasteiger charge is 2.27. The smallest absolute Gasteiger partial charge is 0.322 e. The number of aromatic hydroxyl groups is 1. The van der Waals surface area contributed by atoms with E-state index in [-0.39, 0.29) is 17.6 Å². The molecule has 1 fully saturated rings. The third-order valence-electron chi connectivity index (χ3n) is 4.29. The number of hydrogen-bond acceptors (Lipinski definition) is 3. The molecule has 0 aromatic heterocycles. The van der Waals surface area contributed by atoms with Crippen LogP contribution in [0.15, 0.2) is 48.5 Å². The van der Waals surface area contributed by atoms with E-state index in [2.05, 4.69) is 5.32 Å². The molecule has 0 spiro atoms. The highest BCUT2D eigenvalue weighted by atomic mass is 16.3. The van der Waals surface area contributed by atoms with Crippen LogP contribution in [0.3, 0.4) is 0 Å². The van der Waals surface area contributed by atoms with Crippen molar-refractivity contribution in [2.45, 2.75) is 26.3 Å². The molecule has 0 heterocycles. The summed E-state index contributed by atoms with van der Waals surface area (Å²) in [4.78, 5) is 26.0. The molecule has 1 aliphatic carbocycles. The number of hydrogen-bond donors (Lipinski definition) is 2. The lowest BCUT2D eigenvalue weighted by molar-refractivity contribution is 0.101. The van der Waals surface area contributed by atoms with Gasteiger partial charge < -0.3 is 15.3 Å². The molecular weight excluding hydrogens is 316 g/mol. The van der Waals surface area contributed by atoms with Crippen molar-refractivity contribution >= 4 is 17.5 Å². The maximum absolute atomic E-state index is 12.7. The van der Waals surface area contributed by atoms with Gasteiger partial charge in [-0.15, -0.1) is 0 Å². The average Bonchev–Trinajstić information content (AvgIpc) is 3.40. The fourth-order valence-corrected chi connectivity index (χ4v) is 2.67. The molecule has 5 heteroatoms. The first-order valence-electron chi connectivity index (χ1n) is 8.46. The van der Waals surface area contributed by atoms with Gasteiger partial charge in [0.25, 0.3) is 0 Å². The predicted octanol–water partition coefficient (Wildman–Crippen LogP) is 4.04. The van der Waals surface area contributed by atoms with Crippen molar-refractivity contribution in [1.29, 1.82) is 0 Å². The zero-order valence-electron chi connectivity index (χ0n) is 14.2. The molecule has 0 unspecified atom stereocenters. The molecule has 2 N–H and O–H groups in total. The Bertz CT molecular complexity index is 767. The molecule has 2 amide bonds. The minimum absolute atomic E-state index is 0.0324. The topological polar surface area (TPSA) is 69.6 Å². The highest BCUT2D eigenvalue weighted by Crippen LogP contribution is 2.30. The molecular formula is C20H22N2O3. The van der Waals surface area contributed by atoms with Crippen molar-refractivity contribution in [2.24, 2.45) is 5.92 Å². The van der Waals surface area contributed by atoms with E-state index in [9.17, 15) is 14.7 Å². The third kappa shape index (κ3) is 4.83. The standard InChI is InChI=1S/C20H22N2O3/c1-14(23)17-3-2-4-18(11-17)21-20(25)22(12-15-5-6-15)13-16-7-9-19(24)10-8-16/h2-4,7-11,15,24H,5-6,12-13H2,1H3,(H,21,25). The number of phenolic OH excluding ortho intramolecular Hbond substituents is 1. The number of Topliss-reactive ketones (excluding diaryl/α,β-unsaturated/α-hetero) is 1. The van der Waals surface area contributed by atoms with Crippen LogP contribution in [0.25, 0.3) is 0 Å². The molecule has 2 aromatic carbocycles. The van der Waals surface area contributed by atoms with Crippen LogP contribution in [0.4, 0.5) is 10.5 Å². The average molecular weight is 338 g/mol. The Morgan fingerprint density at radius 3 is 2.52 bits per heavy atom. The second-order valence-corrected chi connectivity index (χ2v) is 6.56. The van der Waals surface area contributed by atoms with Gasteiger partial charge in [-0.05, 0) is 55.5 Å². The van der Waals surface area contributed by atoms with Gasteiger partial charge in [0.2, 0.25) is 0 Å². The van der Waals surface area contributed by atoms with E-state index in [0.29, 0.717) is 30.3 Å². The number of benzene rings is 2. The number of nitrogens with zero attached hydrogens (tertiary/aromatic N) is 1. The zero-order valence-corrected chi connectivity index (χ0v) is 14.2. The van der Waals surface area contributed by atoms with Gasteiger partial charge >= 0.3 is 6.03 Å². The van der Waals surface area contributed by atoms with Crippen LogP contribution in [-0.2, 0) is 6.54 Å². The van der Waals surface area contributed by atoms with Gasteiger partial charge in [-0.3, -0.25) is 4.79 Å². The third-order valence-corrected chi connectivity index (χ3v) is 4.29. The quantitative estimate of drug-likeness (QED) is 0.781. The molecule has 25 heavy (non-hydrogen) atoms. The fourth-order valence-electron chi connectivity index (χ4n) is 2.67. The van der Waals surface area contributed by atoms with Crippen LogP contribution >= 0.6 is 0 Å². The molecule has 5 nitrogen and oxygen atoms in total. The molecule has 3 rings (SSSR count). The maximum atomic E-state index is 12.7. The number of urea groups is 1. The monoisotopic (exact) mass is 338 g/mol. The number of anilines is 1. The van der Waals surface area contributed by atoms with E-state index in [1.165, 1.54) is 6.92 Å². The molecule has 0 saturated heterocycles. The molecule has 1 aliphatic rings. The van der Waals surface area contributed by atoms with Crippen molar-refractivity contribution in [3.8, 4) is 5.75 Å². The van der Waals surface area contributed by atoms with Crippen molar-refractivity contribution in [2.75, 3.05) is 11.9 Å². The van der Waals surface area contributed by atoms with Gasteiger partial charge in [0.1, 0.15) is 5.75 Å². The first-order chi connectivity index (χ1) is 12.0. The van der Waals surface area contributed by atoms with Crippen molar-refractivity contribution in [1.82, 2.24) is 4.90 Å². The summed E-state index contributed by atoms with van der Waals surface area (Å²) in [5, 5.41) is 12.3. The summed E-state index contributed by atoms with van der Waals surface area (Å²) in [6, 6.07) is 13.7. The summed E-state index contributed by atoms with van der Waals surface area (Å²) in [5.74, 6) is 0.740. The second-order valence-electron chi connectivity index (χ2n) is 6.56. The number of rotatable bonds is 6. The normalized spacial score (nSPS) is 13.3. The predicted molar refractivity (Wildman–Crippen MR) is 96.7 cm³/mol. The summed E-state index contributed by atoms with van der Waals surface area (Å²) in [6.07, 6.45) is 2.30. The van der Waals surface area contributed by atoms with Crippen molar-refractivity contribution < 1.29 is 14.7 Å². The molecule has 130 valence electrons. The van der Waals surface area contributed by atoms with E-state index >= 15 is 0 Å². The first kappa shape index (κ1) is 17.0. The number of amides is 2. The van der Waals surface area contributed by atoms with E-state index in [4.69, 9.17) is 0 Å². The highest BCUT2D eigenvalue weighted by molar-refractivity contribution is 5.96.